The maximum Gasteiger partial charge on any atom is 0.161 e. The summed E-state index contributed by atoms with van der Waals surface area (Å²) in [6.45, 7) is 0. The smallest absolute Gasteiger partial charge is 0.161 e. The number of rotatable bonds is 4. The Labute approximate surface area is 130 Å². The maximum atomic E-state index is 8.56. The van der Waals surface area contributed by atoms with Crippen LogP contribution >= 0.6 is 12.4 Å². The number of benzene rings is 1. The Balaban J connectivity index is 0.00000220. The molecule has 0 aliphatic carbocycles. The fourth-order valence-electron chi connectivity index (χ4n) is 1.84. The van der Waals surface area contributed by atoms with Crippen molar-refractivity contribution in [3.63, 3.8) is 0 Å². The topological polar surface area (TPSA) is 55.1 Å². The first kappa shape index (κ1) is 16.5. The molecule has 0 saturated carbocycles. The summed E-state index contributed by atoms with van der Waals surface area (Å²) in [6.07, 6.45) is 4.89. The lowest BCUT2D eigenvalue weighted by Gasteiger charge is -2.09. The van der Waals surface area contributed by atoms with Crippen molar-refractivity contribution in [1.29, 1.82) is 5.26 Å². The largest absolute Gasteiger partial charge is 0.493 e. The molecule has 0 N–H and O–H groups in total. The van der Waals surface area contributed by atoms with Gasteiger partial charge in [0.15, 0.2) is 11.5 Å². The molecule has 1 heterocycles. The molecule has 1 aromatic heterocycles. The summed E-state index contributed by atoms with van der Waals surface area (Å²) in [5.74, 6) is 1.33. The van der Waals surface area contributed by atoms with Crippen LogP contribution in [0.1, 0.15) is 5.56 Å². The number of allylic oxidation sites excluding steroid dienone is 1. The summed E-state index contributed by atoms with van der Waals surface area (Å²) in [6, 6.07) is 11.4. The minimum atomic E-state index is 0. The van der Waals surface area contributed by atoms with Crippen LogP contribution in [0.3, 0.4) is 0 Å². The van der Waals surface area contributed by atoms with E-state index in [1.165, 1.54) is 6.08 Å². The van der Waals surface area contributed by atoms with Crippen LogP contribution in [0.25, 0.3) is 17.3 Å². The van der Waals surface area contributed by atoms with E-state index in [0.717, 1.165) is 16.8 Å². The van der Waals surface area contributed by atoms with E-state index in [1.807, 2.05) is 36.4 Å². The standard InChI is InChI=1S/C16H14N2O2.ClH/c1-19-15-6-5-13(11-16(15)20-2)14-10-12(4-3-8-17)7-9-18-14;/h3-7,9-11H,1-2H3;1H. The lowest BCUT2D eigenvalue weighted by molar-refractivity contribution is 0.355. The molecule has 21 heavy (non-hydrogen) atoms. The summed E-state index contributed by atoms with van der Waals surface area (Å²) < 4.78 is 10.5. The Bertz CT molecular complexity index is 678. The molecule has 0 aliphatic heterocycles. The highest BCUT2D eigenvalue weighted by Gasteiger charge is 2.07. The number of ether oxygens (including phenoxy) is 2. The van der Waals surface area contributed by atoms with E-state index in [0.29, 0.717) is 11.5 Å². The zero-order chi connectivity index (χ0) is 14.4. The number of pyridine rings is 1. The summed E-state index contributed by atoms with van der Waals surface area (Å²) in [4.78, 5) is 4.34. The van der Waals surface area contributed by atoms with Gasteiger partial charge in [-0.25, -0.2) is 0 Å². The predicted molar refractivity (Wildman–Crippen MR) is 84.7 cm³/mol. The number of hydrogen-bond donors (Lipinski definition) is 0. The first-order valence-electron chi connectivity index (χ1n) is 6.03. The number of aromatic nitrogens is 1. The van der Waals surface area contributed by atoms with Crippen LogP contribution in [0.2, 0.25) is 0 Å². The molecule has 0 radical (unpaired) electrons. The van der Waals surface area contributed by atoms with E-state index in [4.69, 9.17) is 14.7 Å². The van der Waals surface area contributed by atoms with Gasteiger partial charge in [-0.05, 0) is 42.0 Å². The van der Waals surface area contributed by atoms with Gasteiger partial charge in [0, 0.05) is 17.8 Å². The molecule has 108 valence electrons. The van der Waals surface area contributed by atoms with Crippen LogP contribution in [-0.2, 0) is 0 Å². The highest BCUT2D eigenvalue weighted by atomic mass is 35.5. The van der Waals surface area contributed by atoms with Crippen LogP contribution < -0.4 is 9.47 Å². The van der Waals surface area contributed by atoms with Gasteiger partial charge in [-0.1, -0.05) is 0 Å². The third-order valence-corrected chi connectivity index (χ3v) is 2.81. The fraction of sp³-hybridized carbons (Fsp3) is 0.125. The third-order valence-electron chi connectivity index (χ3n) is 2.81. The van der Waals surface area contributed by atoms with E-state index in [9.17, 15) is 0 Å². The van der Waals surface area contributed by atoms with Gasteiger partial charge >= 0.3 is 0 Å². The summed E-state index contributed by atoms with van der Waals surface area (Å²) in [5.41, 5.74) is 2.66. The molecule has 1 aromatic carbocycles. The highest BCUT2D eigenvalue weighted by Crippen LogP contribution is 2.31. The van der Waals surface area contributed by atoms with Crippen molar-refractivity contribution in [3.8, 4) is 28.8 Å². The minimum Gasteiger partial charge on any atom is -0.493 e. The normalized spacial score (nSPS) is 9.76. The van der Waals surface area contributed by atoms with Crippen LogP contribution in [0.4, 0.5) is 0 Å². The summed E-state index contributed by atoms with van der Waals surface area (Å²) in [7, 11) is 3.20. The minimum absolute atomic E-state index is 0. The zero-order valence-corrected chi connectivity index (χ0v) is 12.6. The van der Waals surface area contributed by atoms with Crippen LogP contribution in [0.5, 0.6) is 11.5 Å². The highest BCUT2D eigenvalue weighted by molar-refractivity contribution is 5.85. The lowest BCUT2D eigenvalue weighted by atomic mass is 10.1. The number of halogens is 1. The molecule has 0 fully saturated rings. The van der Waals surface area contributed by atoms with E-state index in [-0.39, 0.29) is 12.4 Å². The predicted octanol–water partition coefficient (Wildman–Crippen LogP) is 3.72. The Morgan fingerprint density at radius 2 is 1.86 bits per heavy atom. The van der Waals surface area contributed by atoms with Gasteiger partial charge in [0.05, 0.1) is 26.0 Å². The van der Waals surface area contributed by atoms with E-state index < -0.39 is 0 Å². The van der Waals surface area contributed by atoms with E-state index in [1.54, 1.807) is 26.5 Å². The molecule has 0 atom stereocenters. The Hall–Kier alpha value is -2.51. The maximum absolute atomic E-state index is 8.56. The van der Waals surface area contributed by atoms with E-state index in [2.05, 4.69) is 4.98 Å². The molecule has 4 nitrogen and oxygen atoms in total. The van der Waals surface area contributed by atoms with Crippen LogP contribution in [-0.4, -0.2) is 19.2 Å². The molecule has 2 rings (SSSR count). The van der Waals surface area contributed by atoms with Gasteiger partial charge in [-0.2, -0.15) is 5.26 Å². The molecular formula is C16H15ClN2O2. The van der Waals surface area contributed by atoms with Gasteiger partial charge < -0.3 is 9.47 Å². The molecule has 0 unspecified atom stereocenters. The second kappa shape index (κ2) is 7.93. The SMILES string of the molecule is COc1ccc(-c2cc(C=CC#N)ccn2)cc1OC.Cl. The second-order valence-electron chi connectivity index (χ2n) is 4.01. The molecule has 0 aliphatic rings. The quantitative estimate of drug-likeness (QED) is 0.808. The number of nitrogens with zero attached hydrogens (tertiary/aromatic N) is 2. The first-order valence-corrected chi connectivity index (χ1v) is 6.03. The molecular weight excluding hydrogens is 288 g/mol. The molecule has 0 saturated heterocycles. The van der Waals surface area contributed by atoms with Gasteiger partial charge in [0.25, 0.3) is 0 Å². The molecule has 0 bridgehead atoms. The molecule has 0 spiro atoms. The van der Waals surface area contributed by atoms with Crippen molar-refractivity contribution in [3.05, 3.63) is 48.2 Å². The molecule has 5 heteroatoms. The summed E-state index contributed by atoms with van der Waals surface area (Å²) in [5, 5.41) is 8.56. The Morgan fingerprint density at radius 3 is 2.52 bits per heavy atom. The van der Waals surface area contributed by atoms with Gasteiger partial charge in [-0.15, -0.1) is 12.4 Å². The molecule has 0 amide bonds. The van der Waals surface area contributed by atoms with Crippen molar-refractivity contribution < 1.29 is 9.47 Å². The molecule has 2 aromatic rings. The van der Waals surface area contributed by atoms with Crippen LogP contribution in [0.15, 0.2) is 42.6 Å². The van der Waals surface area contributed by atoms with Gasteiger partial charge in [-0.3, -0.25) is 4.98 Å². The van der Waals surface area contributed by atoms with Crippen molar-refractivity contribution in [2.75, 3.05) is 14.2 Å². The Morgan fingerprint density at radius 1 is 1.10 bits per heavy atom. The van der Waals surface area contributed by atoms with Crippen molar-refractivity contribution in [1.82, 2.24) is 4.98 Å². The second-order valence-corrected chi connectivity index (χ2v) is 4.01. The first-order chi connectivity index (χ1) is 9.78. The monoisotopic (exact) mass is 302 g/mol. The zero-order valence-electron chi connectivity index (χ0n) is 11.7. The number of methoxy groups -OCH3 is 2. The Kier molecular flexibility index (Phi) is 6.25. The average Bonchev–Trinajstić information content (AvgIpc) is 2.52. The number of hydrogen-bond acceptors (Lipinski definition) is 4. The van der Waals surface area contributed by atoms with Crippen molar-refractivity contribution in [2.45, 2.75) is 0 Å². The average molecular weight is 303 g/mol. The summed E-state index contributed by atoms with van der Waals surface area (Å²) >= 11 is 0. The van der Waals surface area contributed by atoms with E-state index >= 15 is 0 Å². The van der Waals surface area contributed by atoms with Crippen molar-refractivity contribution >= 4 is 18.5 Å². The fourth-order valence-corrected chi connectivity index (χ4v) is 1.84. The lowest BCUT2D eigenvalue weighted by Crippen LogP contribution is -1.91. The number of nitriles is 1. The van der Waals surface area contributed by atoms with Gasteiger partial charge in [0.1, 0.15) is 0 Å². The van der Waals surface area contributed by atoms with Crippen molar-refractivity contribution in [2.24, 2.45) is 0 Å². The van der Waals surface area contributed by atoms with Crippen LogP contribution in [0, 0.1) is 11.3 Å². The third kappa shape index (κ3) is 3.98. The van der Waals surface area contributed by atoms with Gasteiger partial charge in [0.2, 0.25) is 0 Å².